The minimum Gasteiger partial charge on any atom is -0.491 e. The van der Waals surface area contributed by atoms with Gasteiger partial charge in [-0.25, -0.2) is 0 Å². The number of benzene rings is 1. The lowest BCUT2D eigenvalue weighted by Gasteiger charge is -2.24. The summed E-state index contributed by atoms with van der Waals surface area (Å²) in [6.07, 6.45) is 0.247. The maximum atomic E-state index is 5.69. The second kappa shape index (κ2) is 4.23. The van der Waals surface area contributed by atoms with Gasteiger partial charge in [0, 0.05) is 13.1 Å². The van der Waals surface area contributed by atoms with Crippen LogP contribution < -0.4 is 10.1 Å². The number of ether oxygens (including phenoxy) is 1. The molecule has 1 aromatic rings. The van der Waals surface area contributed by atoms with Crippen LogP contribution in [0.15, 0.2) is 18.2 Å². The zero-order valence-corrected chi connectivity index (χ0v) is 9.71. The van der Waals surface area contributed by atoms with Crippen molar-refractivity contribution in [1.82, 2.24) is 5.32 Å². The Morgan fingerprint density at radius 1 is 1.40 bits per heavy atom. The third-order valence-electron chi connectivity index (χ3n) is 2.78. The lowest BCUT2D eigenvalue weighted by atomic mass is 9.92. The van der Waals surface area contributed by atoms with Crippen molar-refractivity contribution >= 4 is 0 Å². The van der Waals surface area contributed by atoms with Crippen LogP contribution >= 0.6 is 0 Å². The van der Waals surface area contributed by atoms with Crippen molar-refractivity contribution in [3.8, 4) is 5.75 Å². The third-order valence-corrected chi connectivity index (χ3v) is 2.78. The molecule has 0 aliphatic carbocycles. The molecule has 1 N–H and O–H groups in total. The Morgan fingerprint density at radius 2 is 2.20 bits per heavy atom. The Morgan fingerprint density at radius 3 is 2.93 bits per heavy atom. The molecule has 0 saturated heterocycles. The van der Waals surface area contributed by atoms with Gasteiger partial charge in [-0.3, -0.25) is 0 Å². The van der Waals surface area contributed by atoms with Crippen molar-refractivity contribution in [2.75, 3.05) is 6.54 Å². The summed E-state index contributed by atoms with van der Waals surface area (Å²) in [5, 5.41) is 3.42. The van der Waals surface area contributed by atoms with Crippen LogP contribution in [-0.4, -0.2) is 12.6 Å². The third kappa shape index (κ3) is 2.32. The van der Waals surface area contributed by atoms with Crippen molar-refractivity contribution in [2.24, 2.45) is 0 Å². The van der Waals surface area contributed by atoms with E-state index in [1.54, 1.807) is 0 Å². The molecule has 1 aliphatic heterocycles. The number of hydrogen-bond acceptors (Lipinski definition) is 2. The molecule has 0 fully saturated rings. The summed E-state index contributed by atoms with van der Waals surface area (Å²) >= 11 is 0. The lowest BCUT2D eigenvalue weighted by Crippen LogP contribution is -2.26. The smallest absolute Gasteiger partial charge is 0.120 e. The van der Waals surface area contributed by atoms with E-state index in [1.165, 1.54) is 11.1 Å². The highest BCUT2D eigenvalue weighted by atomic mass is 16.5. The van der Waals surface area contributed by atoms with Crippen LogP contribution in [0, 0.1) is 0 Å². The minimum absolute atomic E-state index is 0.247. The van der Waals surface area contributed by atoms with E-state index in [9.17, 15) is 0 Å². The zero-order valence-electron chi connectivity index (χ0n) is 9.71. The van der Waals surface area contributed by atoms with Crippen molar-refractivity contribution in [3.63, 3.8) is 0 Å². The Balaban J connectivity index is 2.25. The highest BCUT2D eigenvalue weighted by molar-refractivity contribution is 5.39. The molecular weight excluding hydrogens is 186 g/mol. The number of hydrogen-bond donors (Lipinski definition) is 1. The topological polar surface area (TPSA) is 21.3 Å². The van der Waals surface area contributed by atoms with Crippen LogP contribution in [0.4, 0.5) is 0 Å². The van der Waals surface area contributed by atoms with E-state index in [-0.39, 0.29) is 6.10 Å². The van der Waals surface area contributed by atoms with Crippen molar-refractivity contribution in [2.45, 2.75) is 39.3 Å². The average Bonchev–Trinajstić information content (AvgIpc) is 2.17. The number of rotatable bonds is 2. The molecule has 2 heteroatoms. The molecule has 0 saturated carbocycles. The van der Waals surface area contributed by atoms with Gasteiger partial charge in [0.1, 0.15) is 5.75 Å². The summed E-state index contributed by atoms with van der Waals surface area (Å²) in [6.45, 7) is 8.42. The van der Waals surface area contributed by atoms with E-state index in [2.05, 4.69) is 44.3 Å². The molecule has 2 nitrogen and oxygen atoms in total. The number of nitrogens with one attached hydrogen (secondary N) is 1. The molecule has 0 bridgehead atoms. The van der Waals surface area contributed by atoms with Gasteiger partial charge in [0.15, 0.2) is 0 Å². The first kappa shape index (κ1) is 10.5. The van der Waals surface area contributed by atoms with Crippen LogP contribution in [0.25, 0.3) is 0 Å². The molecule has 1 aromatic carbocycles. The predicted octanol–water partition coefficient (Wildman–Crippen LogP) is 2.68. The fraction of sp³-hybridized carbons (Fsp3) is 0.538. The van der Waals surface area contributed by atoms with Gasteiger partial charge in [0.25, 0.3) is 0 Å². The molecule has 15 heavy (non-hydrogen) atoms. The maximum Gasteiger partial charge on any atom is 0.120 e. The number of fused-ring (bicyclic) bond motifs is 1. The minimum atomic E-state index is 0.247. The van der Waals surface area contributed by atoms with Gasteiger partial charge < -0.3 is 10.1 Å². The van der Waals surface area contributed by atoms with Crippen LogP contribution in [0.5, 0.6) is 5.75 Å². The Labute approximate surface area is 91.6 Å². The average molecular weight is 205 g/mol. The molecule has 1 atom stereocenters. The van der Waals surface area contributed by atoms with Gasteiger partial charge in [-0.05, 0) is 43.0 Å². The van der Waals surface area contributed by atoms with E-state index >= 15 is 0 Å². The van der Waals surface area contributed by atoms with Crippen LogP contribution in [-0.2, 0) is 6.54 Å². The highest BCUT2D eigenvalue weighted by Crippen LogP contribution is 2.27. The normalized spacial score (nSPS) is 20.1. The summed E-state index contributed by atoms with van der Waals surface area (Å²) in [7, 11) is 0. The second-order valence-electron chi connectivity index (χ2n) is 4.56. The highest BCUT2D eigenvalue weighted by Gasteiger charge is 2.16. The Bertz CT molecular complexity index is 346. The van der Waals surface area contributed by atoms with Crippen LogP contribution in [0.1, 0.15) is 37.8 Å². The van der Waals surface area contributed by atoms with E-state index in [0.29, 0.717) is 5.92 Å². The predicted molar refractivity (Wildman–Crippen MR) is 62.3 cm³/mol. The summed E-state index contributed by atoms with van der Waals surface area (Å²) in [4.78, 5) is 0. The van der Waals surface area contributed by atoms with Crippen LogP contribution in [0.2, 0.25) is 0 Å². The first-order valence-corrected chi connectivity index (χ1v) is 5.67. The first-order valence-electron chi connectivity index (χ1n) is 5.67. The first-order chi connectivity index (χ1) is 7.16. The molecule has 1 unspecified atom stereocenters. The van der Waals surface area contributed by atoms with Crippen LogP contribution in [0.3, 0.4) is 0 Å². The largest absolute Gasteiger partial charge is 0.491 e. The Hall–Kier alpha value is -1.02. The summed E-state index contributed by atoms with van der Waals surface area (Å²) in [5.41, 5.74) is 2.84. The zero-order chi connectivity index (χ0) is 10.8. The molecule has 2 rings (SSSR count). The monoisotopic (exact) mass is 205 g/mol. The molecule has 1 heterocycles. The van der Waals surface area contributed by atoms with Gasteiger partial charge in [-0.2, -0.15) is 0 Å². The second-order valence-corrected chi connectivity index (χ2v) is 4.56. The van der Waals surface area contributed by atoms with Gasteiger partial charge in [0.05, 0.1) is 6.10 Å². The van der Waals surface area contributed by atoms with Crippen molar-refractivity contribution in [1.29, 1.82) is 0 Å². The summed E-state index contributed by atoms with van der Waals surface area (Å²) in [6, 6.07) is 6.46. The molecule has 0 aromatic heterocycles. The molecule has 0 amide bonds. The van der Waals surface area contributed by atoms with E-state index in [0.717, 1.165) is 18.8 Å². The van der Waals surface area contributed by atoms with Crippen molar-refractivity contribution in [3.05, 3.63) is 29.3 Å². The van der Waals surface area contributed by atoms with Gasteiger partial charge in [-0.1, -0.05) is 13.0 Å². The lowest BCUT2D eigenvalue weighted by molar-refractivity contribution is 0.242. The molecule has 0 radical (unpaired) electrons. The maximum absolute atomic E-state index is 5.69. The molecule has 0 spiro atoms. The van der Waals surface area contributed by atoms with Gasteiger partial charge >= 0.3 is 0 Å². The van der Waals surface area contributed by atoms with E-state index in [4.69, 9.17) is 4.74 Å². The SMILES string of the molecule is CC(C)Oc1ccc2c(c1)CNCC2C. The molecule has 82 valence electrons. The van der Waals surface area contributed by atoms with Gasteiger partial charge in [0.2, 0.25) is 0 Å². The molecular formula is C13H19NO. The standard InChI is InChI=1S/C13H19NO/c1-9(2)15-12-4-5-13-10(3)7-14-8-11(13)6-12/h4-6,9-10,14H,7-8H2,1-3H3. The van der Waals surface area contributed by atoms with E-state index < -0.39 is 0 Å². The fourth-order valence-corrected chi connectivity index (χ4v) is 2.09. The Kier molecular flexibility index (Phi) is 2.96. The quantitative estimate of drug-likeness (QED) is 0.801. The van der Waals surface area contributed by atoms with E-state index in [1.807, 2.05) is 0 Å². The summed E-state index contributed by atoms with van der Waals surface area (Å²) in [5.74, 6) is 1.60. The van der Waals surface area contributed by atoms with Gasteiger partial charge in [-0.15, -0.1) is 0 Å². The van der Waals surface area contributed by atoms with Crippen molar-refractivity contribution < 1.29 is 4.74 Å². The fourth-order valence-electron chi connectivity index (χ4n) is 2.09. The molecule has 1 aliphatic rings. The summed E-state index contributed by atoms with van der Waals surface area (Å²) < 4.78 is 5.69.